The summed E-state index contributed by atoms with van der Waals surface area (Å²) >= 11 is 0. The Bertz CT molecular complexity index is 765. The number of ether oxygens (including phenoxy) is 1. The van der Waals surface area contributed by atoms with Crippen LogP contribution in [0, 0.1) is 6.92 Å². The quantitative estimate of drug-likeness (QED) is 0.789. The molecule has 1 atom stereocenters. The molecule has 146 valence electrons. The number of carbonyl (C=O) groups is 1. The molecule has 1 heterocycles. The summed E-state index contributed by atoms with van der Waals surface area (Å²) in [5.41, 5.74) is 3.91. The number of rotatable bonds is 6. The van der Waals surface area contributed by atoms with Crippen molar-refractivity contribution in [3.63, 3.8) is 0 Å². The van der Waals surface area contributed by atoms with E-state index in [2.05, 4.69) is 15.7 Å². The summed E-state index contributed by atoms with van der Waals surface area (Å²) in [6.07, 6.45) is 8.34. The summed E-state index contributed by atoms with van der Waals surface area (Å²) in [5, 5.41) is 10.1. The van der Waals surface area contributed by atoms with Crippen LogP contribution in [0.3, 0.4) is 0 Å². The Morgan fingerprint density at radius 1 is 1.33 bits per heavy atom. The Morgan fingerprint density at radius 2 is 2.11 bits per heavy atom. The topological polar surface area (TPSA) is 68.2 Å². The largest absolute Gasteiger partial charge is 0.374 e. The van der Waals surface area contributed by atoms with E-state index in [1.165, 1.54) is 19.3 Å². The zero-order valence-corrected chi connectivity index (χ0v) is 16.5. The van der Waals surface area contributed by atoms with Crippen LogP contribution < -0.4 is 10.6 Å². The fraction of sp³-hybridized carbons (Fsp3) is 0.524. The van der Waals surface area contributed by atoms with E-state index in [1.807, 2.05) is 45.2 Å². The SMILES string of the molecule is Cc1c([C@@H](C)NC(=O)Nc2cccc(COC3CCCCC3)c2)cnn1C. The van der Waals surface area contributed by atoms with E-state index in [-0.39, 0.29) is 12.1 Å². The fourth-order valence-corrected chi connectivity index (χ4v) is 3.57. The molecule has 27 heavy (non-hydrogen) atoms. The standard InChI is InChI=1S/C21H30N4O2/c1-15(20-13-22-25(3)16(20)2)23-21(26)24-18-9-7-8-17(12-18)14-27-19-10-5-4-6-11-19/h7-9,12-13,15,19H,4-6,10-11,14H2,1-3H3,(H2,23,24,26)/t15-/m1/s1. The molecule has 1 aromatic carbocycles. The number of nitrogens with one attached hydrogen (secondary N) is 2. The Morgan fingerprint density at radius 3 is 2.81 bits per heavy atom. The van der Waals surface area contributed by atoms with Crippen LogP contribution in [0.4, 0.5) is 10.5 Å². The van der Waals surface area contributed by atoms with E-state index in [0.717, 1.165) is 35.3 Å². The van der Waals surface area contributed by atoms with Gasteiger partial charge in [0.1, 0.15) is 0 Å². The van der Waals surface area contributed by atoms with E-state index in [1.54, 1.807) is 10.9 Å². The number of hydrogen-bond donors (Lipinski definition) is 2. The molecule has 1 aromatic heterocycles. The van der Waals surface area contributed by atoms with Gasteiger partial charge in [0.2, 0.25) is 0 Å². The molecule has 2 aromatic rings. The first-order chi connectivity index (χ1) is 13.0. The van der Waals surface area contributed by atoms with Gasteiger partial charge in [-0.2, -0.15) is 5.10 Å². The minimum atomic E-state index is -0.226. The molecule has 0 saturated heterocycles. The number of hydrogen-bond acceptors (Lipinski definition) is 3. The van der Waals surface area contributed by atoms with E-state index in [9.17, 15) is 4.79 Å². The lowest BCUT2D eigenvalue weighted by Crippen LogP contribution is -2.31. The van der Waals surface area contributed by atoms with Gasteiger partial charge in [-0.1, -0.05) is 31.4 Å². The monoisotopic (exact) mass is 370 g/mol. The second-order valence-corrected chi connectivity index (χ2v) is 7.40. The average Bonchev–Trinajstić information content (AvgIpc) is 3.00. The van der Waals surface area contributed by atoms with Gasteiger partial charge in [-0.25, -0.2) is 4.79 Å². The minimum Gasteiger partial charge on any atom is -0.374 e. The summed E-state index contributed by atoms with van der Waals surface area (Å²) in [4.78, 5) is 12.4. The molecular formula is C21H30N4O2. The molecule has 6 heteroatoms. The molecule has 0 spiro atoms. The lowest BCUT2D eigenvalue weighted by atomic mass is 9.98. The van der Waals surface area contributed by atoms with Gasteiger partial charge >= 0.3 is 6.03 Å². The third kappa shape index (κ3) is 5.32. The first-order valence-electron chi connectivity index (χ1n) is 9.79. The first-order valence-corrected chi connectivity index (χ1v) is 9.79. The maximum Gasteiger partial charge on any atom is 0.319 e. The number of urea groups is 1. The average molecular weight is 370 g/mol. The van der Waals surface area contributed by atoms with Crippen LogP contribution in [-0.4, -0.2) is 21.9 Å². The molecule has 1 aliphatic rings. The number of amides is 2. The maximum atomic E-state index is 12.4. The van der Waals surface area contributed by atoms with Crippen molar-refractivity contribution in [2.75, 3.05) is 5.32 Å². The summed E-state index contributed by atoms with van der Waals surface area (Å²) in [6, 6.07) is 7.51. The molecule has 0 aliphatic heterocycles. The van der Waals surface area contributed by atoms with Crippen molar-refractivity contribution in [2.24, 2.45) is 7.05 Å². The van der Waals surface area contributed by atoms with Crippen molar-refractivity contribution in [1.29, 1.82) is 0 Å². The van der Waals surface area contributed by atoms with Gasteiger partial charge in [0.15, 0.2) is 0 Å². The van der Waals surface area contributed by atoms with Gasteiger partial charge in [-0.15, -0.1) is 0 Å². The number of benzene rings is 1. The first kappa shape index (κ1) is 19.4. The lowest BCUT2D eigenvalue weighted by Gasteiger charge is -2.22. The molecule has 3 rings (SSSR count). The Balaban J connectivity index is 1.52. The third-order valence-electron chi connectivity index (χ3n) is 5.31. The second kappa shape index (κ2) is 9.04. The van der Waals surface area contributed by atoms with Crippen molar-refractivity contribution in [3.8, 4) is 0 Å². The molecule has 6 nitrogen and oxygen atoms in total. The smallest absolute Gasteiger partial charge is 0.319 e. The van der Waals surface area contributed by atoms with Crippen LogP contribution in [0.15, 0.2) is 30.5 Å². The molecule has 1 aliphatic carbocycles. The fourth-order valence-electron chi connectivity index (χ4n) is 3.57. The van der Waals surface area contributed by atoms with E-state index in [4.69, 9.17) is 4.74 Å². The summed E-state index contributed by atoms with van der Waals surface area (Å²) in [7, 11) is 1.90. The van der Waals surface area contributed by atoms with Crippen LogP contribution in [0.1, 0.15) is 61.9 Å². The van der Waals surface area contributed by atoms with Gasteiger partial charge < -0.3 is 15.4 Å². The highest BCUT2D eigenvalue weighted by Crippen LogP contribution is 2.22. The highest BCUT2D eigenvalue weighted by molar-refractivity contribution is 5.89. The van der Waals surface area contributed by atoms with Crippen molar-refractivity contribution < 1.29 is 9.53 Å². The van der Waals surface area contributed by atoms with Crippen LogP contribution in [0.25, 0.3) is 0 Å². The molecule has 1 fully saturated rings. The molecule has 0 radical (unpaired) electrons. The Labute approximate surface area is 161 Å². The third-order valence-corrected chi connectivity index (χ3v) is 5.31. The molecule has 2 amide bonds. The predicted octanol–water partition coefficient (Wildman–Crippen LogP) is 4.46. The highest BCUT2D eigenvalue weighted by atomic mass is 16.5. The summed E-state index contributed by atoms with van der Waals surface area (Å²) < 4.78 is 7.84. The molecule has 1 saturated carbocycles. The molecule has 2 N–H and O–H groups in total. The second-order valence-electron chi connectivity index (χ2n) is 7.40. The number of nitrogens with zero attached hydrogens (tertiary/aromatic N) is 2. The van der Waals surface area contributed by atoms with Gasteiger partial charge in [0.25, 0.3) is 0 Å². The molecular weight excluding hydrogens is 340 g/mol. The van der Waals surface area contributed by atoms with Gasteiger partial charge in [0, 0.05) is 24.0 Å². The van der Waals surface area contributed by atoms with Crippen LogP contribution in [-0.2, 0) is 18.4 Å². The zero-order chi connectivity index (χ0) is 19.2. The number of anilines is 1. The van der Waals surface area contributed by atoms with Gasteiger partial charge in [0.05, 0.1) is 24.9 Å². The normalized spacial score (nSPS) is 16.1. The summed E-state index contributed by atoms with van der Waals surface area (Å²) in [5.74, 6) is 0. The zero-order valence-electron chi connectivity index (χ0n) is 16.5. The highest BCUT2D eigenvalue weighted by Gasteiger charge is 2.15. The van der Waals surface area contributed by atoms with Crippen molar-refractivity contribution >= 4 is 11.7 Å². The minimum absolute atomic E-state index is 0.114. The lowest BCUT2D eigenvalue weighted by molar-refractivity contribution is 0.0169. The van der Waals surface area contributed by atoms with Crippen molar-refractivity contribution in [2.45, 2.75) is 64.7 Å². The van der Waals surface area contributed by atoms with E-state index in [0.29, 0.717) is 12.7 Å². The van der Waals surface area contributed by atoms with E-state index >= 15 is 0 Å². The maximum absolute atomic E-state index is 12.4. The number of carbonyl (C=O) groups excluding carboxylic acids is 1. The molecule has 0 unspecified atom stereocenters. The Hall–Kier alpha value is -2.34. The predicted molar refractivity (Wildman–Crippen MR) is 107 cm³/mol. The van der Waals surface area contributed by atoms with Crippen LogP contribution in [0.5, 0.6) is 0 Å². The van der Waals surface area contributed by atoms with Crippen LogP contribution >= 0.6 is 0 Å². The van der Waals surface area contributed by atoms with Crippen LogP contribution in [0.2, 0.25) is 0 Å². The van der Waals surface area contributed by atoms with Crippen molar-refractivity contribution in [3.05, 3.63) is 47.3 Å². The van der Waals surface area contributed by atoms with Gasteiger partial charge in [-0.3, -0.25) is 4.68 Å². The van der Waals surface area contributed by atoms with Crippen molar-refractivity contribution in [1.82, 2.24) is 15.1 Å². The summed E-state index contributed by atoms with van der Waals surface area (Å²) in [6.45, 7) is 4.54. The Kier molecular flexibility index (Phi) is 6.50. The van der Waals surface area contributed by atoms with E-state index < -0.39 is 0 Å². The molecule has 0 bridgehead atoms. The number of aryl methyl sites for hydroxylation is 1. The van der Waals surface area contributed by atoms with Gasteiger partial charge in [-0.05, 0) is 44.4 Å². The number of aromatic nitrogens is 2.